The summed E-state index contributed by atoms with van der Waals surface area (Å²) in [5.74, 6) is 0. The van der Waals surface area contributed by atoms with Crippen LogP contribution in [0.4, 0.5) is 5.13 Å². The number of aliphatic hydroxyl groups is 1. The SMILES string of the molecule is Cc1nc(CO)sc1-c1csc(NC=O)n1. The zero-order valence-electron chi connectivity index (χ0n) is 8.43. The molecule has 2 N–H and O–H groups in total. The molecular formula is C9H9N3O2S2. The summed E-state index contributed by atoms with van der Waals surface area (Å²) in [6.07, 6.45) is 0.599. The number of nitrogens with zero attached hydrogens (tertiary/aromatic N) is 2. The maximum Gasteiger partial charge on any atom is 0.213 e. The molecule has 0 atom stereocenters. The van der Waals surface area contributed by atoms with Crippen molar-refractivity contribution in [2.45, 2.75) is 13.5 Å². The van der Waals surface area contributed by atoms with Crippen molar-refractivity contribution in [3.8, 4) is 10.6 Å². The number of amides is 1. The molecule has 0 saturated carbocycles. The van der Waals surface area contributed by atoms with Crippen LogP contribution in [0.5, 0.6) is 0 Å². The first kappa shape index (κ1) is 11.2. The molecule has 0 fully saturated rings. The highest BCUT2D eigenvalue weighted by Gasteiger charge is 2.12. The Hall–Kier alpha value is -1.31. The summed E-state index contributed by atoms with van der Waals surface area (Å²) < 4.78 is 0. The van der Waals surface area contributed by atoms with Gasteiger partial charge in [0.05, 0.1) is 22.9 Å². The number of carbonyl (C=O) groups excluding carboxylic acids is 1. The molecule has 16 heavy (non-hydrogen) atoms. The molecule has 2 heterocycles. The zero-order chi connectivity index (χ0) is 11.5. The molecule has 2 aromatic rings. The van der Waals surface area contributed by atoms with E-state index in [-0.39, 0.29) is 6.61 Å². The molecule has 84 valence electrons. The van der Waals surface area contributed by atoms with Gasteiger partial charge in [-0.3, -0.25) is 4.79 Å². The average molecular weight is 255 g/mol. The lowest BCUT2D eigenvalue weighted by atomic mass is 10.3. The lowest BCUT2D eigenvalue weighted by Crippen LogP contribution is -1.91. The van der Waals surface area contributed by atoms with Crippen molar-refractivity contribution in [2.24, 2.45) is 0 Å². The standard InChI is InChI=1S/C9H9N3O2S2/c1-5-8(16-7(2-13)11-5)6-3-15-9(12-6)10-4-14/h3-4,13H,2H2,1H3,(H,10,12,14). The highest BCUT2D eigenvalue weighted by Crippen LogP contribution is 2.32. The molecule has 0 aliphatic carbocycles. The number of hydrogen-bond acceptors (Lipinski definition) is 6. The predicted molar refractivity (Wildman–Crippen MR) is 63.6 cm³/mol. The van der Waals surface area contributed by atoms with Gasteiger partial charge >= 0.3 is 0 Å². The van der Waals surface area contributed by atoms with Crippen LogP contribution in [0.1, 0.15) is 10.7 Å². The second kappa shape index (κ2) is 4.69. The van der Waals surface area contributed by atoms with Crippen molar-refractivity contribution in [3.63, 3.8) is 0 Å². The van der Waals surface area contributed by atoms with Gasteiger partial charge in [-0.15, -0.1) is 22.7 Å². The van der Waals surface area contributed by atoms with E-state index in [1.54, 1.807) is 0 Å². The fraction of sp³-hybridized carbons (Fsp3) is 0.222. The molecule has 0 bridgehead atoms. The topological polar surface area (TPSA) is 75.1 Å². The number of thiazole rings is 2. The Morgan fingerprint density at radius 2 is 2.38 bits per heavy atom. The first-order valence-corrected chi connectivity index (χ1v) is 6.17. The van der Waals surface area contributed by atoms with Gasteiger partial charge in [-0.25, -0.2) is 9.97 Å². The number of rotatable bonds is 4. The Bertz CT molecular complexity index is 507. The summed E-state index contributed by atoms with van der Waals surface area (Å²) in [6.45, 7) is 1.81. The molecule has 0 unspecified atom stereocenters. The molecule has 0 aliphatic rings. The summed E-state index contributed by atoms with van der Waals surface area (Å²) in [5, 5.41) is 14.6. The number of hydrogen-bond donors (Lipinski definition) is 2. The number of carbonyl (C=O) groups is 1. The van der Waals surface area contributed by atoms with Crippen molar-refractivity contribution in [3.05, 3.63) is 16.1 Å². The van der Waals surface area contributed by atoms with Gasteiger partial charge in [0.15, 0.2) is 5.13 Å². The maximum absolute atomic E-state index is 10.3. The number of aryl methyl sites for hydroxylation is 1. The average Bonchev–Trinajstić information content (AvgIpc) is 2.85. The van der Waals surface area contributed by atoms with E-state index in [0.29, 0.717) is 16.5 Å². The van der Waals surface area contributed by atoms with Crippen molar-refractivity contribution in [2.75, 3.05) is 5.32 Å². The van der Waals surface area contributed by atoms with E-state index in [4.69, 9.17) is 5.11 Å². The second-order valence-electron chi connectivity index (χ2n) is 2.98. The third-order valence-corrected chi connectivity index (χ3v) is 3.83. The van der Waals surface area contributed by atoms with Crippen LogP contribution >= 0.6 is 22.7 Å². The van der Waals surface area contributed by atoms with Crippen LogP contribution in [-0.2, 0) is 11.4 Å². The fourth-order valence-corrected chi connectivity index (χ4v) is 2.87. The monoisotopic (exact) mass is 255 g/mol. The van der Waals surface area contributed by atoms with Gasteiger partial charge in [0.25, 0.3) is 0 Å². The first-order valence-electron chi connectivity index (χ1n) is 4.48. The maximum atomic E-state index is 10.3. The zero-order valence-corrected chi connectivity index (χ0v) is 10.1. The lowest BCUT2D eigenvalue weighted by Gasteiger charge is -1.91. The van der Waals surface area contributed by atoms with Gasteiger partial charge in [0.1, 0.15) is 5.01 Å². The Balaban J connectivity index is 2.34. The second-order valence-corrected chi connectivity index (χ2v) is 4.92. The minimum Gasteiger partial charge on any atom is -0.389 e. The normalized spacial score (nSPS) is 10.4. The largest absolute Gasteiger partial charge is 0.389 e. The van der Waals surface area contributed by atoms with E-state index in [2.05, 4.69) is 15.3 Å². The van der Waals surface area contributed by atoms with Crippen molar-refractivity contribution < 1.29 is 9.90 Å². The Morgan fingerprint density at radius 3 is 3.00 bits per heavy atom. The molecule has 1 amide bonds. The smallest absolute Gasteiger partial charge is 0.213 e. The minimum absolute atomic E-state index is 0.0604. The van der Waals surface area contributed by atoms with Crippen LogP contribution in [0.2, 0.25) is 0 Å². The molecule has 0 saturated heterocycles. The summed E-state index contributed by atoms with van der Waals surface area (Å²) in [6, 6.07) is 0. The molecule has 5 nitrogen and oxygen atoms in total. The third-order valence-electron chi connectivity index (χ3n) is 1.90. The Morgan fingerprint density at radius 1 is 1.56 bits per heavy atom. The Kier molecular flexibility index (Phi) is 3.28. The highest BCUT2D eigenvalue weighted by atomic mass is 32.1. The summed E-state index contributed by atoms with van der Waals surface area (Å²) >= 11 is 2.77. The first-order chi connectivity index (χ1) is 7.74. The minimum atomic E-state index is -0.0604. The molecule has 2 rings (SSSR count). The van der Waals surface area contributed by atoms with Gasteiger partial charge in [0, 0.05) is 5.38 Å². The summed E-state index contributed by atoms with van der Waals surface area (Å²) in [7, 11) is 0. The number of nitrogens with one attached hydrogen (secondary N) is 1. The Labute approximate surface area is 99.8 Å². The fourth-order valence-electron chi connectivity index (χ4n) is 1.25. The van der Waals surface area contributed by atoms with Crippen LogP contribution in [0.15, 0.2) is 5.38 Å². The van der Waals surface area contributed by atoms with E-state index in [0.717, 1.165) is 16.3 Å². The molecule has 0 radical (unpaired) electrons. The van der Waals surface area contributed by atoms with Crippen LogP contribution < -0.4 is 5.32 Å². The quantitative estimate of drug-likeness (QED) is 0.814. The highest BCUT2D eigenvalue weighted by molar-refractivity contribution is 7.16. The van der Waals surface area contributed by atoms with Gasteiger partial charge in [-0.2, -0.15) is 0 Å². The molecule has 7 heteroatoms. The van der Waals surface area contributed by atoms with Gasteiger partial charge in [-0.1, -0.05) is 0 Å². The van der Waals surface area contributed by atoms with Crippen molar-refractivity contribution in [1.82, 2.24) is 9.97 Å². The van der Waals surface area contributed by atoms with E-state index in [9.17, 15) is 4.79 Å². The van der Waals surface area contributed by atoms with Crippen LogP contribution in [0, 0.1) is 6.92 Å². The molecule has 0 aliphatic heterocycles. The predicted octanol–water partition coefficient (Wildman–Crippen LogP) is 1.64. The molecule has 0 aromatic carbocycles. The summed E-state index contributed by atoms with van der Waals surface area (Å²) in [5.41, 5.74) is 1.63. The van der Waals surface area contributed by atoms with Crippen LogP contribution in [0.25, 0.3) is 10.6 Å². The lowest BCUT2D eigenvalue weighted by molar-refractivity contribution is -0.105. The molecule has 2 aromatic heterocycles. The summed E-state index contributed by atoms with van der Waals surface area (Å²) in [4.78, 5) is 19.6. The van der Waals surface area contributed by atoms with Gasteiger partial charge in [0.2, 0.25) is 6.41 Å². The molecular weight excluding hydrogens is 246 g/mol. The van der Waals surface area contributed by atoms with E-state index >= 15 is 0 Å². The van der Waals surface area contributed by atoms with Gasteiger partial charge in [-0.05, 0) is 6.92 Å². The number of anilines is 1. The van der Waals surface area contributed by atoms with E-state index in [1.165, 1.54) is 22.7 Å². The van der Waals surface area contributed by atoms with Crippen molar-refractivity contribution >= 4 is 34.2 Å². The van der Waals surface area contributed by atoms with Crippen LogP contribution in [0.3, 0.4) is 0 Å². The van der Waals surface area contributed by atoms with E-state index < -0.39 is 0 Å². The van der Waals surface area contributed by atoms with Gasteiger partial charge < -0.3 is 10.4 Å². The number of aromatic nitrogens is 2. The van der Waals surface area contributed by atoms with E-state index in [1.807, 2.05) is 12.3 Å². The van der Waals surface area contributed by atoms with Crippen LogP contribution in [-0.4, -0.2) is 21.5 Å². The van der Waals surface area contributed by atoms with Crippen molar-refractivity contribution in [1.29, 1.82) is 0 Å². The number of aliphatic hydroxyl groups excluding tert-OH is 1. The molecule has 0 spiro atoms. The third kappa shape index (κ3) is 2.11.